The number of likely N-dealkylation sites (tertiary alicyclic amines) is 1. The maximum Gasteiger partial charge on any atom is 0.225 e. The van der Waals surface area contributed by atoms with Crippen LogP contribution >= 0.6 is 0 Å². The van der Waals surface area contributed by atoms with Gasteiger partial charge in [-0.1, -0.05) is 0 Å². The Morgan fingerprint density at radius 1 is 1.35 bits per heavy atom. The number of nitrogens with one attached hydrogen (secondary N) is 1. The molecule has 1 N–H and O–H groups in total. The van der Waals surface area contributed by atoms with Crippen LogP contribution in [0.1, 0.15) is 20.3 Å². The number of amides is 2. The van der Waals surface area contributed by atoms with Gasteiger partial charge in [-0.05, 0) is 13.8 Å². The van der Waals surface area contributed by atoms with Gasteiger partial charge in [-0.3, -0.25) is 14.5 Å². The van der Waals surface area contributed by atoms with E-state index in [-0.39, 0.29) is 23.8 Å². The summed E-state index contributed by atoms with van der Waals surface area (Å²) in [5.41, 5.74) is 0. The lowest BCUT2D eigenvalue weighted by Crippen LogP contribution is -2.42. The Labute approximate surface area is 120 Å². The molecule has 6 nitrogen and oxygen atoms in total. The number of hydrogen-bond acceptors (Lipinski definition) is 4. The molecule has 0 spiro atoms. The van der Waals surface area contributed by atoms with Gasteiger partial charge < -0.3 is 15.0 Å². The van der Waals surface area contributed by atoms with Gasteiger partial charge in [0.2, 0.25) is 11.8 Å². The van der Waals surface area contributed by atoms with Gasteiger partial charge in [0.05, 0.1) is 19.1 Å². The molecule has 0 radical (unpaired) electrons. The normalized spacial score (nSPS) is 24.4. The molecule has 20 heavy (non-hydrogen) atoms. The maximum absolute atomic E-state index is 12.0. The number of rotatable bonds is 5. The Bertz CT molecular complexity index is 354. The summed E-state index contributed by atoms with van der Waals surface area (Å²) in [7, 11) is 0. The first-order valence-corrected chi connectivity index (χ1v) is 7.44. The SMILES string of the molecule is CC(C)NC(=O)C1CC(=O)N(CCN2CCOCC2)C1. The van der Waals surface area contributed by atoms with Gasteiger partial charge in [-0.15, -0.1) is 0 Å². The minimum Gasteiger partial charge on any atom is -0.379 e. The topological polar surface area (TPSA) is 61.9 Å². The molecule has 0 aromatic rings. The van der Waals surface area contributed by atoms with E-state index in [2.05, 4.69) is 10.2 Å². The highest BCUT2D eigenvalue weighted by Gasteiger charge is 2.34. The van der Waals surface area contributed by atoms with E-state index in [0.29, 0.717) is 19.5 Å². The Morgan fingerprint density at radius 3 is 2.70 bits per heavy atom. The fourth-order valence-corrected chi connectivity index (χ4v) is 2.65. The minimum absolute atomic E-state index is 0.00206. The average Bonchev–Trinajstić information content (AvgIpc) is 2.78. The van der Waals surface area contributed by atoms with Crippen molar-refractivity contribution in [2.45, 2.75) is 26.3 Å². The lowest BCUT2D eigenvalue weighted by atomic mass is 10.1. The van der Waals surface area contributed by atoms with Gasteiger partial charge in [-0.25, -0.2) is 0 Å². The number of carbonyl (C=O) groups is 2. The van der Waals surface area contributed by atoms with Crippen LogP contribution in [0.5, 0.6) is 0 Å². The van der Waals surface area contributed by atoms with Gasteiger partial charge in [0, 0.05) is 45.2 Å². The van der Waals surface area contributed by atoms with E-state index in [4.69, 9.17) is 4.74 Å². The van der Waals surface area contributed by atoms with E-state index in [0.717, 1.165) is 32.8 Å². The van der Waals surface area contributed by atoms with Crippen LogP contribution < -0.4 is 5.32 Å². The van der Waals surface area contributed by atoms with Crippen molar-refractivity contribution < 1.29 is 14.3 Å². The summed E-state index contributed by atoms with van der Waals surface area (Å²) in [6.07, 6.45) is 0.349. The van der Waals surface area contributed by atoms with Gasteiger partial charge in [0.1, 0.15) is 0 Å². The first kappa shape index (κ1) is 15.3. The van der Waals surface area contributed by atoms with E-state index in [1.807, 2.05) is 18.7 Å². The summed E-state index contributed by atoms with van der Waals surface area (Å²) >= 11 is 0. The van der Waals surface area contributed by atoms with E-state index in [1.165, 1.54) is 0 Å². The summed E-state index contributed by atoms with van der Waals surface area (Å²) in [5, 5.41) is 2.89. The Hall–Kier alpha value is -1.14. The first-order valence-electron chi connectivity index (χ1n) is 7.44. The minimum atomic E-state index is -0.186. The van der Waals surface area contributed by atoms with E-state index in [9.17, 15) is 9.59 Å². The molecule has 6 heteroatoms. The van der Waals surface area contributed by atoms with Crippen LogP contribution in [0.15, 0.2) is 0 Å². The Balaban J connectivity index is 1.75. The third kappa shape index (κ3) is 4.18. The van der Waals surface area contributed by atoms with Crippen molar-refractivity contribution in [3.8, 4) is 0 Å². The molecule has 0 saturated carbocycles. The van der Waals surface area contributed by atoms with E-state index < -0.39 is 0 Å². The molecular formula is C14H25N3O3. The molecule has 2 heterocycles. The monoisotopic (exact) mass is 283 g/mol. The highest BCUT2D eigenvalue weighted by molar-refractivity contribution is 5.89. The van der Waals surface area contributed by atoms with Gasteiger partial charge in [0.15, 0.2) is 0 Å². The van der Waals surface area contributed by atoms with Gasteiger partial charge >= 0.3 is 0 Å². The molecule has 2 aliphatic rings. The number of nitrogens with zero attached hydrogens (tertiary/aromatic N) is 2. The van der Waals surface area contributed by atoms with Crippen molar-refractivity contribution in [1.82, 2.24) is 15.1 Å². The first-order chi connectivity index (χ1) is 9.56. The third-order valence-corrected chi connectivity index (χ3v) is 3.81. The van der Waals surface area contributed by atoms with E-state index in [1.54, 1.807) is 0 Å². The molecule has 114 valence electrons. The second-order valence-electron chi connectivity index (χ2n) is 5.86. The molecular weight excluding hydrogens is 258 g/mol. The van der Waals surface area contributed by atoms with Crippen LogP contribution in [0.4, 0.5) is 0 Å². The molecule has 2 rings (SSSR count). The summed E-state index contributed by atoms with van der Waals surface area (Å²) in [5.74, 6) is -0.0843. The largest absolute Gasteiger partial charge is 0.379 e. The van der Waals surface area contributed by atoms with Crippen molar-refractivity contribution >= 4 is 11.8 Å². The zero-order valence-electron chi connectivity index (χ0n) is 12.4. The van der Waals surface area contributed by atoms with Crippen LogP contribution in [-0.4, -0.2) is 73.6 Å². The maximum atomic E-state index is 12.0. The zero-order chi connectivity index (χ0) is 14.5. The molecule has 0 bridgehead atoms. The average molecular weight is 283 g/mol. The summed E-state index contributed by atoms with van der Waals surface area (Å²) < 4.78 is 5.30. The second kappa shape index (κ2) is 7.04. The van der Waals surface area contributed by atoms with E-state index >= 15 is 0 Å². The van der Waals surface area contributed by atoms with Crippen LogP contribution in [0.3, 0.4) is 0 Å². The van der Waals surface area contributed by atoms with Crippen LogP contribution in [0.2, 0.25) is 0 Å². The summed E-state index contributed by atoms with van der Waals surface area (Å²) in [6.45, 7) is 9.41. The second-order valence-corrected chi connectivity index (χ2v) is 5.86. The van der Waals surface area contributed by atoms with Gasteiger partial charge in [-0.2, -0.15) is 0 Å². The predicted molar refractivity (Wildman–Crippen MR) is 75.2 cm³/mol. The highest BCUT2D eigenvalue weighted by atomic mass is 16.5. The van der Waals surface area contributed by atoms with Gasteiger partial charge in [0.25, 0.3) is 0 Å². The quantitative estimate of drug-likeness (QED) is 0.752. The van der Waals surface area contributed by atoms with Crippen molar-refractivity contribution in [1.29, 1.82) is 0 Å². The Morgan fingerprint density at radius 2 is 2.05 bits per heavy atom. The lowest BCUT2D eigenvalue weighted by Gasteiger charge is -2.28. The molecule has 1 unspecified atom stereocenters. The number of morpholine rings is 1. The third-order valence-electron chi connectivity index (χ3n) is 3.81. The van der Waals surface area contributed by atoms with Crippen LogP contribution in [0, 0.1) is 5.92 Å². The fraction of sp³-hybridized carbons (Fsp3) is 0.857. The standard InChI is InChI=1S/C14H25N3O3/c1-11(2)15-14(19)12-9-13(18)17(10-12)4-3-16-5-7-20-8-6-16/h11-12H,3-10H2,1-2H3,(H,15,19). The molecule has 2 amide bonds. The molecule has 2 aliphatic heterocycles. The highest BCUT2D eigenvalue weighted by Crippen LogP contribution is 2.18. The molecule has 0 aromatic heterocycles. The van der Waals surface area contributed by atoms with Crippen molar-refractivity contribution in [3.05, 3.63) is 0 Å². The molecule has 2 saturated heterocycles. The molecule has 0 aromatic carbocycles. The lowest BCUT2D eigenvalue weighted by molar-refractivity contribution is -0.129. The zero-order valence-corrected chi connectivity index (χ0v) is 12.4. The fourth-order valence-electron chi connectivity index (χ4n) is 2.65. The Kier molecular flexibility index (Phi) is 5.37. The summed E-state index contributed by atoms with van der Waals surface area (Å²) in [4.78, 5) is 28.0. The van der Waals surface area contributed by atoms with Crippen molar-refractivity contribution in [2.24, 2.45) is 5.92 Å². The van der Waals surface area contributed by atoms with Crippen LogP contribution in [-0.2, 0) is 14.3 Å². The number of carbonyl (C=O) groups excluding carboxylic acids is 2. The number of ether oxygens (including phenoxy) is 1. The van der Waals surface area contributed by atoms with Crippen molar-refractivity contribution in [2.75, 3.05) is 45.9 Å². The summed E-state index contributed by atoms with van der Waals surface area (Å²) in [6, 6.07) is 0.125. The molecule has 2 fully saturated rings. The predicted octanol–water partition coefficient (Wildman–Crippen LogP) is -0.308. The number of hydrogen-bond donors (Lipinski definition) is 1. The van der Waals surface area contributed by atoms with Crippen LogP contribution in [0.25, 0.3) is 0 Å². The molecule has 0 aliphatic carbocycles. The molecule has 1 atom stereocenters. The smallest absolute Gasteiger partial charge is 0.225 e. The van der Waals surface area contributed by atoms with Crippen molar-refractivity contribution in [3.63, 3.8) is 0 Å².